The van der Waals surface area contributed by atoms with Crippen molar-refractivity contribution in [2.45, 2.75) is 32.9 Å². The summed E-state index contributed by atoms with van der Waals surface area (Å²) in [7, 11) is 0. The summed E-state index contributed by atoms with van der Waals surface area (Å²) in [4.78, 5) is 0. The molecule has 0 amide bonds. The third-order valence-corrected chi connectivity index (χ3v) is 2.08. The van der Waals surface area contributed by atoms with Crippen LogP contribution in [0.5, 0.6) is 0 Å². The molecule has 0 atom stereocenters. The number of hydrogen-bond donors (Lipinski definition) is 1. The minimum absolute atomic E-state index is 0.392. The van der Waals surface area contributed by atoms with Crippen LogP contribution in [0.4, 0.5) is 0 Å². The third kappa shape index (κ3) is 5.25. The second-order valence-corrected chi connectivity index (χ2v) is 3.51. The van der Waals surface area contributed by atoms with E-state index in [1.807, 2.05) is 0 Å². The Labute approximate surface area is 95.9 Å². The molecule has 1 heterocycles. The van der Waals surface area contributed by atoms with Gasteiger partial charge in [0.2, 0.25) is 0 Å². The lowest BCUT2D eigenvalue weighted by molar-refractivity contribution is 0.0323. The van der Waals surface area contributed by atoms with Crippen LogP contribution in [0.25, 0.3) is 0 Å². The Bertz CT molecular complexity index is 276. The Morgan fingerprint density at radius 1 is 1.31 bits per heavy atom. The molecule has 1 rings (SSSR count). The minimum atomic E-state index is 0.392. The van der Waals surface area contributed by atoms with E-state index in [0.717, 1.165) is 25.1 Å². The molecule has 1 aromatic heterocycles. The molecule has 0 saturated carbocycles. The second kappa shape index (κ2) is 8.27. The molecule has 0 unspecified atom stereocenters. The monoisotopic (exact) mass is 228 g/mol. The predicted molar refractivity (Wildman–Crippen MR) is 59.8 cm³/mol. The highest BCUT2D eigenvalue weighted by atomic mass is 16.5. The first-order chi connectivity index (χ1) is 7.86. The van der Waals surface area contributed by atoms with Crippen LogP contribution < -0.4 is 5.73 Å². The smallest absolute Gasteiger partial charge is 0.162 e. The highest BCUT2D eigenvalue weighted by Crippen LogP contribution is 2.04. The van der Waals surface area contributed by atoms with Gasteiger partial charge in [0.05, 0.1) is 18.9 Å². The molecular formula is C11H20N2O3. The van der Waals surface area contributed by atoms with Crippen LogP contribution in [0.15, 0.2) is 10.6 Å². The molecule has 0 spiro atoms. The van der Waals surface area contributed by atoms with Crippen molar-refractivity contribution in [1.82, 2.24) is 5.16 Å². The van der Waals surface area contributed by atoms with Crippen LogP contribution in [0.3, 0.4) is 0 Å². The summed E-state index contributed by atoms with van der Waals surface area (Å²) in [6.45, 7) is 4.95. The summed E-state index contributed by atoms with van der Waals surface area (Å²) in [6.07, 6.45) is 2.25. The fraction of sp³-hybridized carbons (Fsp3) is 0.727. The van der Waals surface area contributed by atoms with E-state index >= 15 is 0 Å². The lowest BCUT2D eigenvalue weighted by Crippen LogP contribution is -2.04. The van der Waals surface area contributed by atoms with Gasteiger partial charge in [-0.2, -0.15) is 0 Å². The molecule has 92 valence electrons. The molecule has 0 saturated heterocycles. The van der Waals surface area contributed by atoms with Gasteiger partial charge >= 0.3 is 0 Å². The van der Waals surface area contributed by atoms with Crippen LogP contribution in [-0.4, -0.2) is 25.0 Å². The van der Waals surface area contributed by atoms with Gasteiger partial charge in [-0.05, 0) is 6.42 Å². The Morgan fingerprint density at radius 3 is 2.81 bits per heavy atom. The fourth-order valence-electron chi connectivity index (χ4n) is 1.16. The van der Waals surface area contributed by atoms with Crippen molar-refractivity contribution in [2.24, 2.45) is 5.73 Å². The van der Waals surface area contributed by atoms with Crippen molar-refractivity contribution in [3.8, 4) is 0 Å². The molecule has 2 N–H and O–H groups in total. The largest absolute Gasteiger partial charge is 0.379 e. The van der Waals surface area contributed by atoms with Crippen LogP contribution in [-0.2, 0) is 22.6 Å². The first-order valence-electron chi connectivity index (χ1n) is 5.66. The predicted octanol–water partition coefficient (Wildman–Crippen LogP) is 1.47. The zero-order valence-electron chi connectivity index (χ0n) is 9.78. The van der Waals surface area contributed by atoms with Crippen molar-refractivity contribution in [3.63, 3.8) is 0 Å². The highest BCUT2D eigenvalue weighted by Gasteiger charge is 2.02. The van der Waals surface area contributed by atoms with E-state index in [0.29, 0.717) is 32.1 Å². The SMILES string of the molecule is CCCCOCCOCc1cc(CN)no1. The van der Waals surface area contributed by atoms with E-state index in [1.165, 1.54) is 0 Å². The van der Waals surface area contributed by atoms with E-state index in [4.69, 9.17) is 19.7 Å². The third-order valence-electron chi connectivity index (χ3n) is 2.08. The van der Waals surface area contributed by atoms with Crippen LogP contribution >= 0.6 is 0 Å². The molecule has 5 heteroatoms. The summed E-state index contributed by atoms with van der Waals surface area (Å²) in [5.41, 5.74) is 6.15. The van der Waals surface area contributed by atoms with Gasteiger partial charge < -0.3 is 19.7 Å². The van der Waals surface area contributed by atoms with E-state index in [2.05, 4.69) is 12.1 Å². The van der Waals surface area contributed by atoms with Gasteiger partial charge in [-0.15, -0.1) is 0 Å². The normalized spacial score (nSPS) is 10.9. The average Bonchev–Trinajstić information content (AvgIpc) is 2.76. The summed E-state index contributed by atoms with van der Waals surface area (Å²) >= 11 is 0. The fourth-order valence-corrected chi connectivity index (χ4v) is 1.16. The first kappa shape index (κ1) is 13.2. The number of hydrogen-bond acceptors (Lipinski definition) is 5. The lowest BCUT2D eigenvalue weighted by atomic mass is 10.4. The van der Waals surface area contributed by atoms with Gasteiger partial charge in [0.1, 0.15) is 6.61 Å². The molecule has 0 fully saturated rings. The van der Waals surface area contributed by atoms with Gasteiger partial charge in [0, 0.05) is 19.2 Å². The number of ether oxygens (including phenoxy) is 2. The Morgan fingerprint density at radius 2 is 2.12 bits per heavy atom. The summed E-state index contributed by atoms with van der Waals surface area (Å²) in [5, 5.41) is 3.76. The molecule has 0 bridgehead atoms. The molecule has 0 aromatic carbocycles. The molecular weight excluding hydrogens is 208 g/mol. The van der Waals surface area contributed by atoms with Crippen LogP contribution in [0.1, 0.15) is 31.2 Å². The van der Waals surface area contributed by atoms with E-state index in [1.54, 1.807) is 6.07 Å². The van der Waals surface area contributed by atoms with Gasteiger partial charge in [-0.25, -0.2) is 0 Å². The molecule has 1 aromatic rings. The maximum Gasteiger partial charge on any atom is 0.162 e. The number of unbranched alkanes of at least 4 members (excludes halogenated alkanes) is 1. The standard InChI is InChI=1S/C11H20N2O3/c1-2-3-4-14-5-6-15-9-11-7-10(8-12)13-16-11/h7H,2-6,8-9,12H2,1H3. The lowest BCUT2D eigenvalue weighted by Gasteiger charge is -2.03. The summed E-state index contributed by atoms with van der Waals surface area (Å²) < 4.78 is 15.7. The summed E-state index contributed by atoms with van der Waals surface area (Å²) in [5.74, 6) is 0.703. The van der Waals surface area contributed by atoms with E-state index < -0.39 is 0 Å². The van der Waals surface area contributed by atoms with E-state index in [9.17, 15) is 0 Å². The summed E-state index contributed by atoms with van der Waals surface area (Å²) in [6, 6.07) is 1.80. The van der Waals surface area contributed by atoms with Gasteiger partial charge in [-0.3, -0.25) is 0 Å². The Hall–Kier alpha value is -0.910. The maximum absolute atomic E-state index is 5.40. The molecule has 0 aliphatic carbocycles. The quantitative estimate of drug-likeness (QED) is 0.648. The molecule has 0 radical (unpaired) electrons. The number of aromatic nitrogens is 1. The maximum atomic E-state index is 5.40. The number of nitrogens with zero attached hydrogens (tertiary/aromatic N) is 1. The van der Waals surface area contributed by atoms with Crippen molar-refractivity contribution < 1.29 is 14.0 Å². The van der Waals surface area contributed by atoms with Crippen molar-refractivity contribution in [1.29, 1.82) is 0 Å². The zero-order chi connectivity index (χ0) is 11.6. The molecule has 5 nitrogen and oxygen atoms in total. The first-order valence-corrected chi connectivity index (χ1v) is 5.66. The molecule has 16 heavy (non-hydrogen) atoms. The van der Waals surface area contributed by atoms with Crippen LogP contribution in [0, 0.1) is 0 Å². The van der Waals surface area contributed by atoms with Gasteiger partial charge in [0.25, 0.3) is 0 Å². The Kier molecular flexibility index (Phi) is 6.80. The average molecular weight is 228 g/mol. The number of nitrogens with two attached hydrogens (primary N) is 1. The minimum Gasteiger partial charge on any atom is -0.379 e. The van der Waals surface area contributed by atoms with Crippen LogP contribution in [0.2, 0.25) is 0 Å². The topological polar surface area (TPSA) is 70.5 Å². The zero-order valence-corrected chi connectivity index (χ0v) is 9.78. The van der Waals surface area contributed by atoms with Crippen molar-refractivity contribution >= 4 is 0 Å². The highest BCUT2D eigenvalue weighted by molar-refractivity contribution is 5.03. The Balaban J connectivity index is 1.98. The number of rotatable bonds is 9. The molecule has 0 aliphatic rings. The second-order valence-electron chi connectivity index (χ2n) is 3.51. The van der Waals surface area contributed by atoms with Gasteiger partial charge in [-0.1, -0.05) is 18.5 Å². The van der Waals surface area contributed by atoms with Crippen molar-refractivity contribution in [2.75, 3.05) is 19.8 Å². The van der Waals surface area contributed by atoms with E-state index in [-0.39, 0.29) is 0 Å². The van der Waals surface area contributed by atoms with Crippen molar-refractivity contribution in [3.05, 3.63) is 17.5 Å². The molecule has 0 aliphatic heterocycles. The van der Waals surface area contributed by atoms with Gasteiger partial charge in [0.15, 0.2) is 5.76 Å².